The molecule has 0 aromatic heterocycles. The molecule has 1 atom stereocenters. The summed E-state index contributed by atoms with van der Waals surface area (Å²) in [5.74, 6) is 1.61. The van der Waals surface area contributed by atoms with Gasteiger partial charge in [0.25, 0.3) is 0 Å². The number of hydrogen-bond acceptors (Lipinski definition) is 4. The predicted molar refractivity (Wildman–Crippen MR) is 64.0 cm³/mol. The van der Waals surface area contributed by atoms with E-state index in [1.54, 1.807) is 36.0 Å². The minimum atomic E-state index is -0.111. The van der Waals surface area contributed by atoms with Crippen molar-refractivity contribution in [3.8, 4) is 6.07 Å². The van der Waals surface area contributed by atoms with Gasteiger partial charge >= 0.3 is 0 Å². The van der Waals surface area contributed by atoms with Gasteiger partial charge in [0.15, 0.2) is 0 Å². The zero-order valence-electron chi connectivity index (χ0n) is 8.56. The number of amides is 1. The molecule has 2 rings (SSSR count). The van der Waals surface area contributed by atoms with Gasteiger partial charge in [0.2, 0.25) is 5.91 Å². The smallest absolute Gasteiger partial charge is 0.242 e. The third kappa shape index (κ3) is 2.54. The van der Waals surface area contributed by atoms with Crippen molar-refractivity contribution < 1.29 is 4.79 Å². The van der Waals surface area contributed by atoms with E-state index >= 15 is 0 Å². The molecule has 1 aliphatic heterocycles. The van der Waals surface area contributed by atoms with E-state index in [2.05, 4.69) is 10.6 Å². The molecule has 2 N–H and O–H groups in total. The van der Waals surface area contributed by atoms with Crippen molar-refractivity contribution in [1.82, 2.24) is 5.32 Å². The Morgan fingerprint density at radius 2 is 2.25 bits per heavy atom. The van der Waals surface area contributed by atoms with Gasteiger partial charge in [-0.1, -0.05) is 0 Å². The first-order valence-electron chi connectivity index (χ1n) is 4.92. The van der Waals surface area contributed by atoms with Crippen LogP contribution in [0.3, 0.4) is 0 Å². The standard InChI is InChI=1S/C11H11N3OS/c12-5-8-1-3-9(4-2-8)14-11(15)10-6-16-7-13-10/h1-4,10,13H,6-7H2,(H,14,15)/t10-/m1/s1. The highest BCUT2D eigenvalue weighted by Crippen LogP contribution is 2.13. The quantitative estimate of drug-likeness (QED) is 0.804. The summed E-state index contributed by atoms with van der Waals surface area (Å²) in [5.41, 5.74) is 1.32. The minimum absolute atomic E-state index is 0.0188. The maximum absolute atomic E-state index is 11.7. The van der Waals surface area contributed by atoms with Gasteiger partial charge < -0.3 is 5.32 Å². The molecule has 0 bridgehead atoms. The van der Waals surface area contributed by atoms with E-state index in [1.807, 2.05) is 6.07 Å². The van der Waals surface area contributed by atoms with Crippen LogP contribution < -0.4 is 10.6 Å². The van der Waals surface area contributed by atoms with Gasteiger partial charge in [-0.2, -0.15) is 5.26 Å². The van der Waals surface area contributed by atoms with E-state index in [9.17, 15) is 4.79 Å². The third-order valence-electron chi connectivity index (χ3n) is 2.31. The molecule has 4 nitrogen and oxygen atoms in total. The summed E-state index contributed by atoms with van der Waals surface area (Å²) in [6, 6.07) is 8.77. The normalized spacial score (nSPS) is 19.1. The van der Waals surface area contributed by atoms with Gasteiger partial charge in [0.1, 0.15) is 0 Å². The van der Waals surface area contributed by atoms with Gasteiger partial charge in [-0.3, -0.25) is 10.1 Å². The van der Waals surface area contributed by atoms with Gasteiger partial charge in [0.05, 0.1) is 17.7 Å². The van der Waals surface area contributed by atoms with Crippen LogP contribution in [0, 0.1) is 11.3 Å². The molecule has 0 unspecified atom stereocenters. The maximum atomic E-state index is 11.7. The highest BCUT2D eigenvalue weighted by molar-refractivity contribution is 7.99. The molecule has 1 aliphatic rings. The molecule has 1 aromatic rings. The lowest BCUT2D eigenvalue weighted by Gasteiger charge is -2.10. The fourth-order valence-corrected chi connectivity index (χ4v) is 2.36. The monoisotopic (exact) mass is 233 g/mol. The number of nitriles is 1. The lowest BCUT2D eigenvalue weighted by molar-refractivity contribution is -0.117. The van der Waals surface area contributed by atoms with Crippen LogP contribution in [0.1, 0.15) is 5.56 Å². The molecule has 16 heavy (non-hydrogen) atoms. The number of carbonyl (C=O) groups excluding carboxylic acids is 1. The molecule has 1 amide bonds. The van der Waals surface area contributed by atoms with Crippen molar-refractivity contribution in [2.45, 2.75) is 6.04 Å². The molecule has 82 valence electrons. The van der Waals surface area contributed by atoms with Crippen molar-refractivity contribution in [2.24, 2.45) is 0 Å². The number of rotatable bonds is 2. The van der Waals surface area contributed by atoms with Gasteiger partial charge in [-0.05, 0) is 24.3 Å². The minimum Gasteiger partial charge on any atom is -0.325 e. The lowest BCUT2D eigenvalue weighted by Crippen LogP contribution is -2.37. The van der Waals surface area contributed by atoms with Crippen molar-refractivity contribution >= 4 is 23.4 Å². The van der Waals surface area contributed by atoms with Crippen LogP contribution in [0.25, 0.3) is 0 Å². The number of hydrogen-bond donors (Lipinski definition) is 2. The molecule has 5 heteroatoms. The number of benzene rings is 1. The Kier molecular flexibility index (Phi) is 3.44. The highest BCUT2D eigenvalue weighted by Gasteiger charge is 2.22. The summed E-state index contributed by atoms with van der Waals surface area (Å²) in [4.78, 5) is 11.7. The zero-order chi connectivity index (χ0) is 11.4. The predicted octanol–water partition coefficient (Wildman–Crippen LogP) is 1.16. The molecule has 1 fully saturated rings. The highest BCUT2D eigenvalue weighted by atomic mass is 32.2. The lowest BCUT2D eigenvalue weighted by atomic mass is 10.2. The third-order valence-corrected chi connectivity index (χ3v) is 3.25. The Hall–Kier alpha value is -1.51. The molecule has 1 aromatic carbocycles. The van der Waals surface area contributed by atoms with Gasteiger partial charge in [0, 0.05) is 17.3 Å². The topological polar surface area (TPSA) is 64.9 Å². The maximum Gasteiger partial charge on any atom is 0.242 e. The molecule has 0 aliphatic carbocycles. The van der Waals surface area contributed by atoms with E-state index in [-0.39, 0.29) is 11.9 Å². The van der Waals surface area contributed by atoms with E-state index in [0.717, 1.165) is 17.3 Å². The van der Waals surface area contributed by atoms with E-state index in [4.69, 9.17) is 5.26 Å². The summed E-state index contributed by atoms with van der Waals surface area (Å²) >= 11 is 1.71. The SMILES string of the molecule is N#Cc1ccc(NC(=O)[C@H]2CSCN2)cc1. The number of nitrogens with one attached hydrogen (secondary N) is 2. The van der Waals surface area contributed by atoms with Crippen molar-refractivity contribution in [2.75, 3.05) is 16.9 Å². The Morgan fingerprint density at radius 1 is 1.50 bits per heavy atom. The first-order chi connectivity index (χ1) is 7.79. The first kappa shape index (κ1) is 11.0. The van der Waals surface area contributed by atoms with Crippen molar-refractivity contribution in [3.05, 3.63) is 29.8 Å². The number of anilines is 1. The molecule has 1 heterocycles. The van der Waals surface area contributed by atoms with Crippen molar-refractivity contribution in [3.63, 3.8) is 0 Å². The van der Waals surface area contributed by atoms with Crippen LogP contribution in [0.2, 0.25) is 0 Å². The van der Waals surface area contributed by atoms with E-state index < -0.39 is 0 Å². The van der Waals surface area contributed by atoms with Gasteiger partial charge in [-0.15, -0.1) is 11.8 Å². The summed E-state index contributed by atoms with van der Waals surface area (Å²) < 4.78 is 0. The molecule has 0 spiro atoms. The number of nitrogens with zero attached hydrogens (tertiary/aromatic N) is 1. The van der Waals surface area contributed by atoms with Crippen LogP contribution in [0.5, 0.6) is 0 Å². The van der Waals surface area contributed by atoms with Crippen LogP contribution in [-0.2, 0) is 4.79 Å². The Morgan fingerprint density at radius 3 is 2.81 bits per heavy atom. The first-order valence-corrected chi connectivity index (χ1v) is 6.07. The summed E-state index contributed by atoms with van der Waals surface area (Å²) in [5, 5.41) is 14.5. The summed E-state index contributed by atoms with van der Waals surface area (Å²) in [7, 11) is 0. The molecular weight excluding hydrogens is 222 g/mol. The fraction of sp³-hybridized carbons (Fsp3) is 0.273. The van der Waals surface area contributed by atoms with Crippen LogP contribution >= 0.6 is 11.8 Å². The van der Waals surface area contributed by atoms with E-state index in [0.29, 0.717) is 5.56 Å². The fourth-order valence-electron chi connectivity index (χ4n) is 1.42. The second-order valence-corrected chi connectivity index (χ2v) is 4.48. The summed E-state index contributed by atoms with van der Waals surface area (Å²) in [6.45, 7) is 0. The van der Waals surface area contributed by atoms with Crippen LogP contribution in [0.4, 0.5) is 5.69 Å². The average molecular weight is 233 g/mol. The van der Waals surface area contributed by atoms with Crippen LogP contribution in [0.15, 0.2) is 24.3 Å². The Balaban J connectivity index is 1.98. The second kappa shape index (κ2) is 5.01. The zero-order valence-corrected chi connectivity index (χ0v) is 9.38. The Bertz CT molecular complexity index is 418. The van der Waals surface area contributed by atoms with E-state index in [1.165, 1.54) is 0 Å². The summed E-state index contributed by atoms with van der Waals surface area (Å²) in [6.07, 6.45) is 0. The second-order valence-electron chi connectivity index (χ2n) is 3.45. The number of thioether (sulfide) groups is 1. The largest absolute Gasteiger partial charge is 0.325 e. The average Bonchev–Trinajstić information content (AvgIpc) is 2.83. The molecule has 0 radical (unpaired) electrons. The Labute approximate surface area is 98.0 Å². The molecule has 1 saturated heterocycles. The van der Waals surface area contributed by atoms with Crippen molar-refractivity contribution in [1.29, 1.82) is 5.26 Å². The molecular formula is C11H11N3OS. The van der Waals surface area contributed by atoms with Crippen LogP contribution in [-0.4, -0.2) is 23.6 Å². The van der Waals surface area contributed by atoms with Gasteiger partial charge in [-0.25, -0.2) is 0 Å². The number of carbonyl (C=O) groups is 1. The molecule has 0 saturated carbocycles.